The zero-order valence-electron chi connectivity index (χ0n) is 16.3. The van der Waals surface area contributed by atoms with Gasteiger partial charge >= 0.3 is 0 Å². The summed E-state index contributed by atoms with van der Waals surface area (Å²) in [5.41, 5.74) is 2.13. The van der Waals surface area contributed by atoms with Crippen molar-refractivity contribution in [2.75, 3.05) is 13.2 Å². The molecule has 29 heavy (non-hydrogen) atoms. The number of nitrogens with one attached hydrogen (secondary N) is 1. The summed E-state index contributed by atoms with van der Waals surface area (Å²) in [4.78, 5) is 4.44. The third-order valence-electron chi connectivity index (χ3n) is 5.40. The van der Waals surface area contributed by atoms with Crippen LogP contribution >= 0.6 is 0 Å². The monoisotopic (exact) mass is 399 g/mol. The van der Waals surface area contributed by atoms with Crippen molar-refractivity contribution in [1.29, 1.82) is 0 Å². The number of hydrogen-bond acceptors (Lipinski definition) is 5. The Labute approximate surface area is 168 Å². The van der Waals surface area contributed by atoms with E-state index in [-0.39, 0.29) is 17.2 Å². The predicted molar refractivity (Wildman–Crippen MR) is 104 cm³/mol. The van der Waals surface area contributed by atoms with Crippen LogP contribution < -0.4 is 5.32 Å². The summed E-state index contributed by atoms with van der Waals surface area (Å²) in [7, 11) is 0. The van der Waals surface area contributed by atoms with Gasteiger partial charge in [0.05, 0.1) is 6.54 Å². The highest BCUT2D eigenvalue weighted by Gasteiger charge is 2.33. The van der Waals surface area contributed by atoms with E-state index in [0.29, 0.717) is 42.6 Å². The van der Waals surface area contributed by atoms with Crippen molar-refractivity contribution < 1.29 is 18.0 Å². The topological polar surface area (TPSA) is 60.2 Å². The van der Waals surface area contributed by atoms with Crippen LogP contribution in [0.3, 0.4) is 0 Å². The van der Waals surface area contributed by atoms with Crippen LogP contribution in [0.2, 0.25) is 0 Å². The second-order valence-electron chi connectivity index (χ2n) is 7.53. The smallest absolute Gasteiger partial charge is 0.240 e. The Morgan fingerprint density at radius 2 is 1.83 bits per heavy atom. The lowest BCUT2D eigenvalue weighted by atomic mass is 9.83. The van der Waals surface area contributed by atoms with Crippen molar-refractivity contribution in [1.82, 2.24) is 15.5 Å². The molecule has 4 rings (SSSR count). The van der Waals surface area contributed by atoms with Gasteiger partial charge < -0.3 is 14.6 Å². The Balaban J connectivity index is 1.47. The molecule has 0 spiro atoms. The van der Waals surface area contributed by atoms with Gasteiger partial charge in [0, 0.05) is 24.3 Å². The number of hydrogen-bond donors (Lipinski definition) is 1. The van der Waals surface area contributed by atoms with Gasteiger partial charge in [-0.3, -0.25) is 0 Å². The lowest BCUT2D eigenvalue weighted by Crippen LogP contribution is -2.50. The Bertz CT molecular complexity index is 966. The minimum absolute atomic E-state index is 0.183. The first-order valence-electron chi connectivity index (χ1n) is 9.69. The van der Waals surface area contributed by atoms with Crippen molar-refractivity contribution in [2.24, 2.45) is 0 Å². The number of ether oxygens (including phenoxy) is 1. The van der Waals surface area contributed by atoms with E-state index < -0.39 is 0 Å². The molecule has 1 aromatic heterocycles. The highest BCUT2D eigenvalue weighted by atomic mass is 19.1. The molecule has 0 amide bonds. The zero-order valence-corrected chi connectivity index (χ0v) is 16.3. The fourth-order valence-electron chi connectivity index (χ4n) is 3.66. The number of benzene rings is 2. The molecule has 1 aliphatic heterocycles. The van der Waals surface area contributed by atoms with Crippen LogP contribution in [0.25, 0.3) is 11.4 Å². The fraction of sp³-hybridized carbons (Fsp3) is 0.364. The first-order valence-corrected chi connectivity index (χ1v) is 9.69. The molecular formula is C22H23F2N3O2. The van der Waals surface area contributed by atoms with Crippen LogP contribution in [0.1, 0.15) is 29.9 Å². The summed E-state index contributed by atoms with van der Waals surface area (Å²) in [5.74, 6) is 0.398. The molecule has 5 nitrogen and oxygen atoms in total. The normalized spacial score (nSPS) is 16.1. The maximum atomic E-state index is 13.5. The van der Waals surface area contributed by atoms with E-state index in [1.807, 2.05) is 12.1 Å². The van der Waals surface area contributed by atoms with Crippen molar-refractivity contribution >= 4 is 0 Å². The van der Waals surface area contributed by atoms with Gasteiger partial charge in [-0.05, 0) is 67.6 Å². The third-order valence-corrected chi connectivity index (χ3v) is 5.40. The minimum Gasteiger partial charge on any atom is -0.381 e. The summed E-state index contributed by atoms with van der Waals surface area (Å²) >= 11 is 0. The van der Waals surface area contributed by atoms with Crippen LogP contribution in [0.4, 0.5) is 8.78 Å². The molecule has 1 fully saturated rings. The molecule has 0 atom stereocenters. The number of halogens is 2. The van der Waals surface area contributed by atoms with Crippen molar-refractivity contribution in [3.8, 4) is 11.4 Å². The van der Waals surface area contributed by atoms with Gasteiger partial charge in [-0.2, -0.15) is 4.98 Å². The summed E-state index contributed by atoms with van der Waals surface area (Å²) < 4.78 is 37.6. The largest absolute Gasteiger partial charge is 0.381 e. The minimum atomic E-state index is -0.263. The quantitative estimate of drug-likeness (QED) is 0.673. The average Bonchev–Trinajstić information content (AvgIpc) is 3.20. The molecule has 0 bridgehead atoms. The SMILES string of the molecule is Cc1cc(-c2noc(CNC3(Cc4ccc(F)cc4)CCOCC3)n2)ccc1F. The summed E-state index contributed by atoms with van der Waals surface area (Å²) in [6.07, 6.45) is 2.43. The zero-order chi connectivity index (χ0) is 20.3. The number of aryl methyl sites for hydroxylation is 1. The summed E-state index contributed by atoms with van der Waals surface area (Å²) in [5, 5.41) is 7.59. The molecule has 7 heteroatoms. The number of rotatable bonds is 6. The molecule has 1 saturated heterocycles. The molecule has 3 aromatic rings. The molecule has 2 aromatic carbocycles. The van der Waals surface area contributed by atoms with Gasteiger partial charge in [0.2, 0.25) is 11.7 Å². The second-order valence-corrected chi connectivity index (χ2v) is 7.53. The first kappa shape index (κ1) is 19.7. The van der Waals surface area contributed by atoms with E-state index >= 15 is 0 Å². The average molecular weight is 399 g/mol. The van der Waals surface area contributed by atoms with Gasteiger partial charge in [0.25, 0.3) is 0 Å². The Morgan fingerprint density at radius 3 is 2.55 bits per heavy atom. The van der Waals surface area contributed by atoms with E-state index in [1.54, 1.807) is 19.1 Å². The molecule has 1 N–H and O–H groups in total. The third kappa shape index (κ3) is 4.68. The van der Waals surface area contributed by atoms with Crippen LogP contribution in [0, 0.1) is 18.6 Å². The number of aromatic nitrogens is 2. The molecule has 152 valence electrons. The molecule has 0 aliphatic carbocycles. The molecule has 0 saturated carbocycles. The Hall–Kier alpha value is -2.64. The Morgan fingerprint density at radius 1 is 1.07 bits per heavy atom. The van der Waals surface area contributed by atoms with E-state index in [0.717, 1.165) is 24.8 Å². The van der Waals surface area contributed by atoms with Crippen LogP contribution in [0.15, 0.2) is 47.0 Å². The lowest BCUT2D eigenvalue weighted by molar-refractivity contribution is 0.0362. The molecule has 1 aliphatic rings. The van der Waals surface area contributed by atoms with Crippen LogP contribution in [-0.2, 0) is 17.7 Å². The Kier molecular flexibility index (Phi) is 5.69. The van der Waals surface area contributed by atoms with E-state index in [4.69, 9.17) is 9.26 Å². The lowest BCUT2D eigenvalue weighted by Gasteiger charge is -2.38. The second kappa shape index (κ2) is 8.39. The van der Waals surface area contributed by atoms with Crippen molar-refractivity contribution in [2.45, 2.75) is 38.3 Å². The van der Waals surface area contributed by atoms with E-state index in [2.05, 4.69) is 15.5 Å². The van der Waals surface area contributed by atoms with Crippen LogP contribution in [-0.4, -0.2) is 28.9 Å². The van der Waals surface area contributed by atoms with Gasteiger partial charge in [-0.25, -0.2) is 8.78 Å². The first-order chi connectivity index (χ1) is 14.0. The summed E-state index contributed by atoms with van der Waals surface area (Å²) in [6.45, 7) is 3.44. The molecule has 2 heterocycles. The maximum Gasteiger partial charge on any atom is 0.240 e. The summed E-state index contributed by atoms with van der Waals surface area (Å²) in [6, 6.07) is 11.3. The molecule has 0 radical (unpaired) electrons. The van der Waals surface area contributed by atoms with E-state index in [9.17, 15) is 8.78 Å². The van der Waals surface area contributed by atoms with Crippen molar-refractivity contribution in [3.63, 3.8) is 0 Å². The van der Waals surface area contributed by atoms with Gasteiger partial charge in [-0.15, -0.1) is 0 Å². The standard InChI is InChI=1S/C22H23F2N3O2/c1-15-12-17(4-7-19(15)24)21-26-20(29-27-21)14-25-22(8-10-28-11-9-22)13-16-2-5-18(23)6-3-16/h2-7,12,25H,8-11,13-14H2,1H3. The highest BCUT2D eigenvalue weighted by molar-refractivity contribution is 5.55. The van der Waals surface area contributed by atoms with Crippen molar-refractivity contribution in [3.05, 3.63) is 71.1 Å². The van der Waals surface area contributed by atoms with Gasteiger partial charge in [0.1, 0.15) is 11.6 Å². The number of nitrogens with zero attached hydrogens (tertiary/aromatic N) is 2. The predicted octanol–water partition coefficient (Wildman–Crippen LogP) is 4.20. The maximum absolute atomic E-state index is 13.5. The highest BCUT2D eigenvalue weighted by Crippen LogP contribution is 2.26. The molecular weight excluding hydrogens is 376 g/mol. The fourth-order valence-corrected chi connectivity index (χ4v) is 3.66. The van der Waals surface area contributed by atoms with E-state index in [1.165, 1.54) is 18.2 Å². The van der Waals surface area contributed by atoms with Crippen LogP contribution in [0.5, 0.6) is 0 Å². The molecule has 0 unspecified atom stereocenters. The van der Waals surface area contributed by atoms with Gasteiger partial charge in [0.15, 0.2) is 0 Å². The van der Waals surface area contributed by atoms with Gasteiger partial charge in [-0.1, -0.05) is 17.3 Å².